The zero-order valence-electron chi connectivity index (χ0n) is 11.4. The van der Waals surface area contributed by atoms with Crippen molar-refractivity contribution >= 4 is 21.6 Å². The van der Waals surface area contributed by atoms with E-state index in [1.165, 1.54) is 0 Å². The van der Waals surface area contributed by atoms with Crippen molar-refractivity contribution in [3.63, 3.8) is 0 Å². The number of hydrogen-bond acceptors (Lipinski definition) is 4. The van der Waals surface area contributed by atoms with Crippen LogP contribution >= 0.6 is 0 Å². The molecule has 0 aliphatic carbocycles. The Labute approximate surface area is 123 Å². The summed E-state index contributed by atoms with van der Waals surface area (Å²) in [6.07, 6.45) is 1.86. The first-order chi connectivity index (χ1) is 9.87. The molecule has 4 N–H and O–H groups in total. The van der Waals surface area contributed by atoms with E-state index >= 15 is 0 Å². The molecule has 0 saturated heterocycles. The van der Waals surface area contributed by atoms with Crippen LogP contribution in [0.25, 0.3) is 0 Å². The number of nitrogens with one attached hydrogen (secondary N) is 2. The zero-order chi connectivity index (χ0) is 15.5. The fraction of sp³-hybridized carbons (Fsp3) is 0.154. The highest BCUT2D eigenvalue weighted by Crippen LogP contribution is 2.17. The van der Waals surface area contributed by atoms with Crippen molar-refractivity contribution in [3.8, 4) is 6.07 Å². The van der Waals surface area contributed by atoms with Crippen molar-refractivity contribution in [3.05, 3.63) is 47.8 Å². The van der Waals surface area contributed by atoms with E-state index in [4.69, 9.17) is 10.4 Å². The van der Waals surface area contributed by atoms with Crippen LogP contribution in [0.1, 0.15) is 11.3 Å². The second-order valence-corrected chi connectivity index (χ2v) is 5.83. The minimum Gasteiger partial charge on any atom is -0.381 e. The van der Waals surface area contributed by atoms with Crippen molar-refractivity contribution in [1.29, 1.82) is 5.26 Å². The molecule has 110 valence electrons. The van der Waals surface area contributed by atoms with Crippen LogP contribution in [0.4, 0.5) is 11.4 Å². The number of nitrogens with zero attached hydrogens (tertiary/aromatic N) is 2. The Kier molecular flexibility index (Phi) is 4.16. The number of aromatic nitrogens is 1. The van der Waals surface area contributed by atoms with E-state index in [2.05, 4.69) is 16.1 Å². The Bertz CT molecular complexity index is 789. The second kappa shape index (κ2) is 5.87. The molecule has 0 saturated carbocycles. The third-order valence-electron chi connectivity index (χ3n) is 2.80. The molecule has 21 heavy (non-hydrogen) atoms. The number of rotatable bonds is 5. The van der Waals surface area contributed by atoms with Gasteiger partial charge in [-0.15, -0.1) is 0 Å². The zero-order valence-corrected chi connectivity index (χ0v) is 12.2. The van der Waals surface area contributed by atoms with Crippen molar-refractivity contribution in [2.24, 2.45) is 12.2 Å². The van der Waals surface area contributed by atoms with E-state index in [9.17, 15) is 8.42 Å². The minimum absolute atomic E-state index is 0.383. The molecule has 8 heteroatoms. The summed E-state index contributed by atoms with van der Waals surface area (Å²) in [5.41, 5.74) is 2.66. The summed E-state index contributed by atoms with van der Waals surface area (Å²) in [6.45, 7) is 0.522. The molecule has 0 fully saturated rings. The molecule has 0 atom stereocenters. The molecule has 0 aliphatic rings. The summed E-state index contributed by atoms with van der Waals surface area (Å²) in [5, 5.41) is 17.0. The SMILES string of the molecule is Cn1cc(CNc2cccc(NS(N)(=O)=O)c2)cc1C#N. The average molecular weight is 305 g/mol. The number of hydrogen-bond donors (Lipinski definition) is 3. The van der Waals surface area contributed by atoms with Gasteiger partial charge in [-0.05, 0) is 29.8 Å². The van der Waals surface area contributed by atoms with Crippen LogP contribution in [-0.4, -0.2) is 13.0 Å². The standard InChI is InChI=1S/C13H15N5O2S/c1-18-9-10(5-13(18)7-14)8-16-11-3-2-4-12(6-11)17-21(15,19)20/h2-6,9,16-17H,8H2,1H3,(H2,15,19,20). The fourth-order valence-electron chi connectivity index (χ4n) is 1.90. The van der Waals surface area contributed by atoms with Crippen molar-refractivity contribution in [2.45, 2.75) is 6.54 Å². The maximum atomic E-state index is 11.0. The van der Waals surface area contributed by atoms with Crippen LogP contribution in [-0.2, 0) is 23.8 Å². The summed E-state index contributed by atoms with van der Waals surface area (Å²) in [5.74, 6) is 0. The molecule has 0 radical (unpaired) electrons. The fourth-order valence-corrected chi connectivity index (χ4v) is 2.36. The summed E-state index contributed by atoms with van der Waals surface area (Å²) in [4.78, 5) is 0. The normalized spacial score (nSPS) is 10.9. The molecule has 0 aliphatic heterocycles. The number of benzene rings is 1. The lowest BCUT2D eigenvalue weighted by Crippen LogP contribution is -2.21. The third kappa shape index (κ3) is 4.24. The van der Waals surface area contributed by atoms with Crippen LogP contribution in [0.5, 0.6) is 0 Å². The molecule has 1 aromatic carbocycles. The van der Waals surface area contributed by atoms with Gasteiger partial charge in [0.15, 0.2) is 0 Å². The first kappa shape index (κ1) is 14.9. The summed E-state index contributed by atoms with van der Waals surface area (Å²) in [6, 6.07) is 10.6. The molecule has 2 aromatic rings. The highest BCUT2D eigenvalue weighted by molar-refractivity contribution is 7.90. The summed E-state index contributed by atoms with van der Waals surface area (Å²) < 4.78 is 25.9. The summed E-state index contributed by atoms with van der Waals surface area (Å²) in [7, 11) is -1.98. The Balaban J connectivity index is 2.06. The van der Waals surface area contributed by atoms with E-state index in [0.29, 0.717) is 17.9 Å². The Morgan fingerprint density at radius 2 is 2.05 bits per heavy atom. The predicted molar refractivity (Wildman–Crippen MR) is 80.6 cm³/mol. The molecular formula is C13H15N5O2S. The molecular weight excluding hydrogens is 290 g/mol. The molecule has 1 aromatic heterocycles. The molecule has 2 rings (SSSR count). The Morgan fingerprint density at radius 3 is 2.67 bits per heavy atom. The molecule has 7 nitrogen and oxygen atoms in total. The van der Waals surface area contributed by atoms with Gasteiger partial charge in [-0.2, -0.15) is 13.7 Å². The lowest BCUT2D eigenvalue weighted by atomic mass is 10.2. The minimum atomic E-state index is -3.78. The van der Waals surface area contributed by atoms with E-state index in [0.717, 1.165) is 11.3 Å². The van der Waals surface area contributed by atoms with Gasteiger partial charge in [0.05, 0.1) is 5.69 Å². The van der Waals surface area contributed by atoms with Gasteiger partial charge in [0.25, 0.3) is 10.2 Å². The number of aryl methyl sites for hydroxylation is 1. The van der Waals surface area contributed by atoms with Gasteiger partial charge in [0.1, 0.15) is 11.8 Å². The van der Waals surface area contributed by atoms with Crippen LogP contribution in [0.3, 0.4) is 0 Å². The number of nitrogens with two attached hydrogens (primary N) is 1. The largest absolute Gasteiger partial charge is 0.381 e. The molecule has 0 amide bonds. The quantitative estimate of drug-likeness (QED) is 0.768. The van der Waals surface area contributed by atoms with Crippen LogP contribution in [0.2, 0.25) is 0 Å². The van der Waals surface area contributed by atoms with E-state index < -0.39 is 10.2 Å². The lowest BCUT2D eigenvalue weighted by Gasteiger charge is -2.08. The summed E-state index contributed by atoms with van der Waals surface area (Å²) >= 11 is 0. The van der Waals surface area contributed by atoms with Gasteiger partial charge in [-0.1, -0.05) is 6.07 Å². The topological polar surface area (TPSA) is 113 Å². The second-order valence-electron chi connectivity index (χ2n) is 4.54. The van der Waals surface area contributed by atoms with E-state index in [-0.39, 0.29) is 0 Å². The smallest absolute Gasteiger partial charge is 0.296 e. The van der Waals surface area contributed by atoms with Gasteiger partial charge >= 0.3 is 0 Å². The van der Waals surface area contributed by atoms with E-state index in [1.807, 2.05) is 12.3 Å². The highest BCUT2D eigenvalue weighted by atomic mass is 32.2. The monoisotopic (exact) mass is 305 g/mol. The van der Waals surface area contributed by atoms with E-state index in [1.54, 1.807) is 35.9 Å². The van der Waals surface area contributed by atoms with Gasteiger partial charge in [-0.25, -0.2) is 5.14 Å². The van der Waals surface area contributed by atoms with Crippen LogP contribution in [0.15, 0.2) is 36.5 Å². The molecule has 0 bridgehead atoms. The predicted octanol–water partition coefficient (Wildman–Crippen LogP) is 1.12. The molecule has 0 unspecified atom stereocenters. The van der Waals surface area contributed by atoms with Crippen LogP contribution < -0.4 is 15.2 Å². The van der Waals surface area contributed by atoms with Gasteiger partial charge in [0.2, 0.25) is 0 Å². The maximum Gasteiger partial charge on any atom is 0.296 e. The lowest BCUT2D eigenvalue weighted by molar-refractivity contribution is 0.603. The van der Waals surface area contributed by atoms with Crippen molar-refractivity contribution in [1.82, 2.24) is 4.57 Å². The van der Waals surface area contributed by atoms with Crippen molar-refractivity contribution < 1.29 is 8.42 Å². The number of nitriles is 1. The maximum absolute atomic E-state index is 11.0. The third-order valence-corrected chi connectivity index (χ3v) is 3.32. The van der Waals surface area contributed by atoms with Gasteiger partial charge in [0, 0.05) is 25.5 Å². The first-order valence-electron chi connectivity index (χ1n) is 6.07. The Hall–Kier alpha value is -2.50. The Morgan fingerprint density at radius 1 is 1.33 bits per heavy atom. The highest BCUT2D eigenvalue weighted by Gasteiger charge is 2.04. The molecule has 1 heterocycles. The van der Waals surface area contributed by atoms with Crippen molar-refractivity contribution in [2.75, 3.05) is 10.0 Å². The van der Waals surface area contributed by atoms with Gasteiger partial charge < -0.3 is 9.88 Å². The first-order valence-corrected chi connectivity index (χ1v) is 7.62. The average Bonchev–Trinajstić information content (AvgIpc) is 2.75. The molecule has 0 spiro atoms. The number of anilines is 2. The van der Waals surface area contributed by atoms with Crippen LogP contribution in [0, 0.1) is 11.3 Å². The van der Waals surface area contributed by atoms with Gasteiger partial charge in [-0.3, -0.25) is 4.72 Å².